The molecule has 0 bridgehead atoms. The summed E-state index contributed by atoms with van der Waals surface area (Å²) >= 11 is 7.40. The number of hydrogen-bond donors (Lipinski definition) is 1. The minimum Gasteiger partial charge on any atom is -0.486 e. The smallest absolute Gasteiger partial charge is 0.251 e. The van der Waals surface area contributed by atoms with Gasteiger partial charge in [-0.25, -0.2) is 4.98 Å². The topological polar surface area (TPSA) is 71.5 Å². The Hall–Kier alpha value is -2.90. The van der Waals surface area contributed by atoms with E-state index in [0.717, 1.165) is 47.7 Å². The van der Waals surface area contributed by atoms with Gasteiger partial charge in [-0.05, 0) is 67.6 Å². The predicted octanol–water partition coefficient (Wildman–Crippen LogP) is 5.00. The van der Waals surface area contributed by atoms with E-state index in [4.69, 9.17) is 16.3 Å². The number of aromatic nitrogens is 1. The molecular formula is C26H26ClN3O3S. The molecule has 1 heterocycles. The molecule has 0 unspecified atom stereocenters. The van der Waals surface area contributed by atoms with Crippen LogP contribution >= 0.6 is 22.9 Å². The lowest BCUT2D eigenvalue weighted by Gasteiger charge is -2.22. The summed E-state index contributed by atoms with van der Waals surface area (Å²) in [6, 6.07) is 15.4. The molecule has 2 fully saturated rings. The standard InChI is InChI=1S/C26H26ClN3O3S/c27-19-5-11-23(12-6-19)33-15-24-28-21(16-34-24)13-25(31)30(22-9-10-22)14-17-1-3-18(4-2-17)26(32)29-20-7-8-20/h1-6,11-12,16,20,22H,7-10,13-15H2,(H,29,32). The summed E-state index contributed by atoms with van der Waals surface area (Å²) < 4.78 is 5.76. The van der Waals surface area contributed by atoms with Crippen LogP contribution in [-0.4, -0.2) is 33.8 Å². The van der Waals surface area contributed by atoms with Gasteiger partial charge in [-0.2, -0.15) is 0 Å². The van der Waals surface area contributed by atoms with Crippen molar-refractivity contribution >= 4 is 34.8 Å². The van der Waals surface area contributed by atoms with Crippen molar-refractivity contribution in [1.29, 1.82) is 0 Å². The molecule has 0 spiro atoms. The number of hydrogen-bond acceptors (Lipinski definition) is 5. The molecular weight excluding hydrogens is 470 g/mol. The van der Waals surface area contributed by atoms with Gasteiger partial charge in [0, 0.05) is 34.6 Å². The summed E-state index contributed by atoms with van der Waals surface area (Å²) in [6.45, 7) is 0.901. The lowest BCUT2D eigenvalue weighted by molar-refractivity contribution is -0.131. The van der Waals surface area contributed by atoms with Gasteiger partial charge in [-0.15, -0.1) is 11.3 Å². The average Bonchev–Trinajstić information content (AvgIpc) is 3.77. The Morgan fingerprint density at radius 2 is 1.79 bits per heavy atom. The third kappa shape index (κ3) is 6.15. The van der Waals surface area contributed by atoms with Crippen LogP contribution in [0.5, 0.6) is 5.75 Å². The molecule has 6 nitrogen and oxygen atoms in total. The second kappa shape index (κ2) is 10.2. The molecule has 2 aliphatic carbocycles. The van der Waals surface area contributed by atoms with E-state index < -0.39 is 0 Å². The Morgan fingerprint density at radius 1 is 1.06 bits per heavy atom. The second-order valence-electron chi connectivity index (χ2n) is 8.85. The van der Waals surface area contributed by atoms with Crippen molar-refractivity contribution in [2.45, 2.75) is 57.3 Å². The highest BCUT2D eigenvalue weighted by molar-refractivity contribution is 7.09. The van der Waals surface area contributed by atoms with Gasteiger partial charge in [0.2, 0.25) is 5.91 Å². The first kappa shape index (κ1) is 22.9. The van der Waals surface area contributed by atoms with E-state index in [2.05, 4.69) is 10.3 Å². The van der Waals surface area contributed by atoms with Crippen LogP contribution in [0.25, 0.3) is 0 Å². The summed E-state index contributed by atoms with van der Waals surface area (Å²) in [6.07, 6.45) is 4.47. The number of benzene rings is 2. The largest absolute Gasteiger partial charge is 0.486 e. The van der Waals surface area contributed by atoms with Crippen molar-refractivity contribution in [3.63, 3.8) is 0 Å². The summed E-state index contributed by atoms with van der Waals surface area (Å²) in [7, 11) is 0. The highest BCUT2D eigenvalue weighted by atomic mass is 35.5. The van der Waals surface area contributed by atoms with E-state index in [1.165, 1.54) is 11.3 Å². The number of thiazole rings is 1. The van der Waals surface area contributed by atoms with Gasteiger partial charge >= 0.3 is 0 Å². The molecule has 0 atom stereocenters. The maximum absolute atomic E-state index is 13.1. The number of ether oxygens (including phenoxy) is 1. The fourth-order valence-corrected chi connectivity index (χ4v) is 4.52. The number of carbonyl (C=O) groups excluding carboxylic acids is 2. The fraction of sp³-hybridized carbons (Fsp3) is 0.346. The molecule has 2 amide bonds. The SMILES string of the molecule is O=C(NC1CC1)c1ccc(CN(C(=O)Cc2csc(COc3ccc(Cl)cc3)n2)C2CC2)cc1. The number of nitrogens with zero attached hydrogens (tertiary/aromatic N) is 2. The van der Waals surface area contributed by atoms with Crippen molar-refractivity contribution in [2.75, 3.05) is 0 Å². The molecule has 0 radical (unpaired) electrons. The average molecular weight is 496 g/mol. The normalized spacial score (nSPS) is 15.1. The lowest BCUT2D eigenvalue weighted by Crippen LogP contribution is -2.34. The van der Waals surface area contributed by atoms with Crippen LogP contribution in [0.1, 0.15) is 52.3 Å². The van der Waals surface area contributed by atoms with Gasteiger partial charge in [0.15, 0.2) is 0 Å². The number of rotatable bonds is 10. The third-order valence-corrected chi connectivity index (χ3v) is 7.02. The maximum atomic E-state index is 13.1. The number of nitrogens with one attached hydrogen (secondary N) is 1. The Balaban J connectivity index is 1.16. The minimum absolute atomic E-state index is 0.0245. The van der Waals surface area contributed by atoms with Gasteiger partial charge < -0.3 is 15.0 Å². The van der Waals surface area contributed by atoms with Crippen LogP contribution in [0.3, 0.4) is 0 Å². The maximum Gasteiger partial charge on any atom is 0.251 e. The Bertz CT molecular complexity index is 1150. The van der Waals surface area contributed by atoms with E-state index >= 15 is 0 Å². The first-order chi connectivity index (χ1) is 16.5. The molecule has 2 saturated carbocycles. The van der Waals surface area contributed by atoms with Crippen molar-refractivity contribution in [1.82, 2.24) is 15.2 Å². The minimum atomic E-state index is -0.0245. The van der Waals surface area contributed by atoms with Gasteiger partial charge in [0.25, 0.3) is 5.91 Å². The zero-order chi connectivity index (χ0) is 23.5. The highest BCUT2D eigenvalue weighted by Crippen LogP contribution is 2.29. The lowest BCUT2D eigenvalue weighted by atomic mass is 10.1. The Labute approximate surface area is 207 Å². The monoisotopic (exact) mass is 495 g/mol. The molecule has 1 N–H and O–H groups in total. The van der Waals surface area contributed by atoms with Gasteiger partial charge in [-0.3, -0.25) is 9.59 Å². The Morgan fingerprint density at radius 3 is 2.47 bits per heavy atom. The molecule has 2 aliphatic rings. The molecule has 176 valence electrons. The summed E-state index contributed by atoms with van der Waals surface area (Å²) in [5, 5.41) is 6.42. The number of amides is 2. The molecule has 2 aromatic carbocycles. The summed E-state index contributed by atoms with van der Waals surface area (Å²) in [4.78, 5) is 31.8. The van der Waals surface area contributed by atoms with E-state index in [1.807, 2.05) is 46.7 Å². The van der Waals surface area contributed by atoms with Crippen LogP contribution in [-0.2, 0) is 24.4 Å². The van der Waals surface area contributed by atoms with Crippen LogP contribution in [0.2, 0.25) is 5.02 Å². The third-order valence-electron chi connectivity index (χ3n) is 5.90. The number of carbonyl (C=O) groups is 2. The van der Waals surface area contributed by atoms with Crippen molar-refractivity contribution in [2.24, 2.45) is 0 Å². The zero-order valence-corrected chi connectivity index (χ0v) is 20.3. The molecule has 5 rings (SSSR count). The van der Waals surface area contributed by atoms with E-state index in [1.54, 1.807) is 12.1 Å². The first-order valence-electron chi connectivity index (χ1n) is 11.5. The predicted molar refractivity (Wildman–Crippen MR) is 132 cm³/mol. The van der Waals surface area contributed by atoms with E-state index in [-0.39, 0.29) is 24.3 Å². The zero-order valence-electron chi connectivity index (χ0n) is 18.7. The fourth-order valence-electron chi connectivity index (χ4n) is 3.69. The van der Waals surface area contributed by atoms with Crippen LogP contribution in [0.4, 0.5) is 0 Å². The molecule has 0 saturated heterocycles. The molecule has 3 aromatic rings. The van der Waals surface area contributed by atoms with Gasteiger partial charge in [0.1, 0.15) is 17.4 Å². The van der Waals surface area contributed by atoms with Gasteiger partial charge in [-0.1, -0.05) is 23.7 Å². The highest BCUT2D eigenvalue weighted by Gasteiger charge is 2.32. The molecule has 34 heavy (non-hydrogen) atoms. The van der Waals surface area contributed by atoms with Crippen molar-refractivity contribution in [3.8, 4) is 5.75 Å². The summed E-state index contributed by atoms with van der Waals surface area (Å²) in [5.41, 5.74) is 2.46. The Kier molecular flexibility index (Phi) is 6.83. The number of halogens is 1. The van der Waals surface area contributed by atoms with Crippen molar-refractivity contribution < 1.29 is 14.3 Å². The second-order valence-corrected chi connectivity index (χ2v) is 10.2. The quantitative estimate of drug-likeness (QED) is 0.429. The van der Waals surface area contributed by atoms with Crippen LogP contribution in [0.15, 0.2) is 53.9 Å². The summed E-state index contributed by atoms with van der Waals surface area (Å²) in [5.74, 6) is 0.783. The van der Waals surface area contributed by atoms with Crippen LogP contribution in [0, 0.1) is 0 Å². The van der Waals surface area contributed by atoms with Crippen molar-refractivity contribution in [3.05, 3.63) is 80.8 Å². The van der Waals surface area contributed by atoms with E-state index in [0.29, 0.717) is 29.8 Å². The molecule has 0 aliphatic heterocycles. The van der Waals surface area contributed by atoms with Crippen LogP contribution < -0.4 is 10.1 Å². The first-order valence-corrected chi connectivity index (χ1v) is 12.8. The van der Waals surface area contributed by atoms with E-state index in [9.17, 15) is 9.59 Å². The molecule has 1 aromatic heterocycles. The molecule has 8 heteroatoms. The van der Waals surface area contributed by atoms with Gasteiger partial charge in [0.05, 0.1) is 12.1 Å².